The summed E-state index contributed by atoms with van der Waals surface area (Å²) in [7, 11) is 1.49. The number of aliphatic carboxylic acids is 1. The van der Waals surface area contributed by atoms with Gasteiger partial charge in [0.25, 0.3) is 5.91 Å². The van der Waals surface area contributed by atoms with Gasteiger partial charge in [0.2, 0.25) is 0 Å². The van der Waals surface area contributed by atoms with Crippen molar-refractivity contribution in [3.8, 4) is 11.1 Å². The van der Waals surface area contributed by atoms with E-state index in [0.29, 0.717) is 5.56 Å². The van der Waals surface area contributed by atoms with Gasteiger partial charge in [0.1, 0.15) is 6.04 Å². The second-order valence-corrected chi connectivity index (χ2v) is 4.87. The van der Waals surface area contributed by atoms with E-state index in [1.807, 2.05) is 42.5 Å². The van der Waals surface area contributed by atoms with Crippen LogP contribution in [0.5, 0.6) is 0 Å². The fourth-order valence-electron chi connectivity index (χ4n) is 1.98. The number of carbonyl (C=O) groups is 2. The van der Waals surface area contributed by atoms with E-state index in [2.05, 4.69) is 0 Å². The van der Waals surface area contributed by atoms with Crippen LogP contribution in [-0.2, 0) is 4.79 Å². The molecule has 0 aliphatic heterocycles. The van der Waals surface area contributed by atoms with Crippen LogP contribution in [0.3, 0.4) is 0 Å². The predicted molar refractivity (Wildman–Crippen MR) is 81.1 cm³/mol. The summed E-state index contributed by atoms with van der Waals surface area (Å²) in [5, 5.41) is 8.95. The standard InChI is InChI=1S/C17H17NO3/c1-12(17(20)21)18(2)16(19)15-10-8-14(9-11-15)13-6-4-3-5-7-13/h3-12H,1-2H3,(H,20,21)/t12-/m0/s1. The number of amides is 1. The van der Waals surface area contributed by atoms with Crippen molar-refractivity contribution < 1.29 is 14.7 Å². The minimum Gasteiger partial charge on any atom is -0.480 e. The summed E-state index contributed by atoms with van der Waals surface area (Å²) in [6, 6.07) is 16.2. The molecule has 2 aromatic rings. The first-order valence-electron chi connectivity index (χ1n) is 6.66. The number of nitrogens with zero attached hydrogens (tertiary/aromatic N) is 1. The molecule has 0 aromatic heterocycles. The van der Waals surface area contributed by atoms with Crippen LogP contribution in [0.2, 0.25) is 0 Å². The molecule has 1 N–H and O–H groups in total. The van der Waals surface area contributed by atoms with Crippen molar-refractivity contribution in [2.45, 2.75) is 13.0 Å². The highest BCUT2D eigenvalue weighted by Crippen LogP contribution is 2.19. The topological polar surface area (TPSA) is 57.6 Å². The molecule has 4 nitrogen and oxygen atoms in total. The van der Waals surface area contributed by atoms with Crippen LogP contribution < -0.4 is 0 Å². The molecular formula is C17H17NO3. The maximum absolute atomic E-state index is 12.2. The van der Waals surface area contributed by atoms with Crippen LogP contribution >= 0.6 is 0 Å². The van der Waals surface area contributed by atoms with E-state index in [1.54, 1.807) is 12.1 Å². The number of carboxylic acids is 1. The minimum absolute atomic E-state index is 0.301. The Morgan fingerprint density at radius 2 is 1.48 bits per heavy atom. The molecule has 1 amide bonds. The van der Waals surface area contributed by atoms with E-state index in [1.165, 1.54) is 18.9 Å². The normalized spacial score (nSPS) is 11.7. The lowest BCUT2D eigenvalue weighted by molar-refractivity contribution is -0.141. The monoisotopic (exact) mass is 283 g/mol. The Hall–Kier alpha value is -2.62. The molecule has 0 unspecified atom stereocenters. The fourth-order valence-corrected chi connectivity index (χ4v) is 1.98. The molecule has 0 heterocycles. The highest BCUT2D eigenvalue weighted by atomic mass is 16.4. The lowest BCUT2D eigenvalue weighted by atomic mass is 10.0. The zero-order valence-corrected chi connectivity index (χ0v) is 12.0. The second kappa shape index (κ2) is 6.22. The number of carbonyl (C=O) groups excluding carboxylic acids is 1. The number of hydrogen-bond donors (Lipinski definition) is 1. The van der Waals surface area contributed by atoms with Gasteiger partial charge in [-0.2, -0.15) is 0 Å². The summed E-state index contributed by atoms with van der Waals surface area (Å²) in [5.74, 6) is -1.32. The average molecular weight is 283 g/mol. The average Bonchev–Trinajstić information content (AvgIpc) is 2.53. The SMILES string of the molecule is C[C@@H](C(=O)O)N(C)C(=O)c1ccc(-c2ccccc2)cc1. The van der Waals surface area contributed by atoms with E-state index >= 15 is 0 Å². The number of likely N-dealkylation sites (N-methyl/N-ethyl adjacent to an activating group) is 1. The van der Waals surface area contributed by atoms with Crippen LogP contribution in [0.4, 0.5) is 0 Å². The van der Waals surface area contributed by atoms with Crippen molar-refractivity contribution in [2.24, 2.45) is 0 Å². The lowest BCUT2D eigenvalue weighted by Gasteiger charge is -2.21. The molecule has 0 saturated carbocycles. The molecule has 0 aliphatic rings. The third-order valence-electron chi connectivity index (χ3n) is 3.50. The third kappa shape index (κ3) is 3.28. The van der Waals surface area contributed by atoms with Gasteiger partial charge in [-0.15, -0.1) is 0 Å². The lowest BCUT2D eigenvalue weighted by Crippen LogP contribution is -2.40. The van der Waals surface area contributed by atoms with Crippen molar-refractivity contribution >= 4 is 11.9 Å². The first kappa shape index (κ1) is 14.8. The van der Waals surface area contributed by atoms with Crippen molar-refractivity contribution in [2.75, 3.05) is 7.05 Å². The van der Waals surface area contributed by atoms with E-state index in [0.717, 1.165) is 11.1 Å². The van der Waals surface area contributed by atoms with Crippen LogP contribution in [0.1, 0.15) is 17.3 Å². The van der Waals surface area contributed by atoms with Gasteiger partial charge in [0.15, 0.2) is 0 Å². The molecule has 2 aromatic carbocycles. The number of hydrogen-bond acceptors (Lipinski definition) is 2. The summed E-state index contributed by atoms with van der Waals surface area (Å²) < 4.78 is 0. The van der Waals surface area contributed by atoms with Gasteiger partial charge in [0, 0.05) is 12.6 Å². The van der Waals surface area contributed by atoms with Gasteiger partial charge in [-0.1, -0.05) is 42.5 Å². The Morgan fingerprint density at radius 1 is 0.952 bits per heavy atom. The Kier molecular flexibility index (Phi) is 4.38. The molecule has 0 aliphatic carbocycles. The summed E-state index contributed by atoms with van der Waals surface area (Å²) in [6.45, 7) is 1.48. The summed E-state index contributed by atoms with van der Waals surface area (Å²) in [6.07, 6.45) is 0. The maximum atomic E-state index is 12.2. The molecule has 4 heteroatoms. The van der Waals surface area contributed by atoms with E-state index in [4.69, 9.17) is 5.11 Å². The number of carboxylic acid groups (broad SMARTS) is 1. The smallest absolute Gasteiger partial charge is 0.326 e. The van der Waals surface area contributed by atoms with Crippen LogP contribution in [-0.4, -0.2) is 35.0 Å². The predicted octanol–water partition coefficient (Wildman–Crippen LogP) is 2.90. The molecule has 108 valence electrons. The number of rotatable bonds is 4. The molecule has 2 rings (SSSR count). The Morgan fingerprint density at radius 3 is 2.00 bits per heavy atom. The molecule has 0 spiro atoms. The quantitative estimate of drug-likeness (QED) is 0.938. The van der Waals surface area contributed by atoms with Gasteiger partial charge in [-0.25, -0.2) is 4.79 Å². The summed E-state index contributed by atoms with van der Waals surface area (Å²) in [4.78, 5) is 24.3. The van der Waals surface area contributed by atoms with Crippen LogP contribution in [0.15, 0.2) is 54.6 Å². The van der Waals surface area contributed by atoms with Gasteiger partial charge < -0.3 is 10.0 Å². The highest BCUT2D eigenvalue weighted by molar-refractivity contribution is 5.96. The van der Waals surface area contributed by atoms with Crippen molar-refractivity contribution in [1.29, 1.82) is 0 Å². The van der Waals surface area contributed by atoms with Gasteiger partial charge >= 0.3 is 5.97 Å². The molecule has 0 saturated heterocycles. The van der Waals surface area contributed by atoms with Crippen molar-refractivity contribution in [3.63, 3.8) is 0 Å². The van der Waals surface area contributed by atoms with Crippen LogP contribution in [0.25, 0.3) is 11.1 Å². The maximum Gasteiger partial charge on any atom is 0.326 e. The van der Waals surface area contributed by atoms with Gasteiger partial charge in [0.05, 0.1) is 0 Å². The molecular weight excluding hydrogens is 266 g/mol. The molecule has 0 fully saturated rings. The number of benzene rings is 2. The minimum atomic E-state index is -1.02. The van der Waals surface area contributed by atoms with E-state index in [-0.39, 0.29) is 5.91 Å². The van der Waals surface area contributed by atoms with Gasteiger partial charge in [-0.05, 0) is 30.2 Å². The molecule has 0 bridgehead atoms. The van der Waals surface area contributed by atoms with Gasteiger partial charge in [-0.3, -0.25) is 4.79 Å². The van der Waals surface area contributed by atoms with Crippen molar-refractivity contribution in [3.05, 3.63) is 60.2 Å². The Bertz CT molecular complexity index is 635. The zero-order chi connectivity index (χ0) is 15.4. The Labute approximate surface area is 123 Å². The largest absolute Gasteiger partial charge is 0.480 e. The third-order valence-corrected chi connectivity index (χ3v) is 3.50. The summed E-state index contributed by atoms with van der Waals surface area (Å²) in [5.41, 5.74) is 2.56. The molecule has 21 heavy (non-hydrogen) atoms. The van der Waals surface area contributed by atoms with Crippen molar-refractivity contribution in [1.82, 2.24) is 4.90 Å². The molecule has 0 radical (unpaired) electrons. The highest BCUT2D eigenvalue weighted by Gasteiger charge is 2.22. The molecule has 1 atom stereocenters. The fraction of sp³-hybridized carbons (Fsp3) is 0.176. The van der Waals surface area contributed by atoms with Crippen LogP contribution in [0, 0.1) is 0 Å². The first-order chi connectivity index (χ1) is 10.0. The van der Waals surface area contributed by atoms with E-state index < -0.39 is 12.0 Å². The first-order valence-corrected chi connectivity index (χ1v) is 6.66. The Balaban J connectivity index is 2.19. The second-order valence-electron chi connectivity index (χ2n) is 4.87. The van der Waals surface area contributed by atoms with E-state index in [9.17, 15) is 9.59 Å². The summed E-state index contributed by atoms with van der Waals surface area (Å²) >= 11 is 0. The zero-order valence-electron chi connectivity index (χ0n) is 12.0.